The number of fused-ring (bicyclic) bond motifs is 1. The number of hydrogen-bond donors (Lipinski definition) is 3. The fraction of sp³-hybridized carbons (Fsp3) is 0.278. The van der Waals surface area contributed by atoms with E-state index < -0.39 is 0 Å². The summed E-state index contributed by atoms with van der Waals surface area (Å²) in [6, 6.07) is 8.85. The van der Waals surface area contributed by atoms with Crippen molar-refractivity contribution in [2.75, 3.05) is 0 Å². The van der Waals surface area contributed by atoms with Crippen molar-refractivity contribution >= 4 is 11.6 Å². The largest absolute Gasteiger partial charge is 0.392 e. The molecule has 0 aliphatic heterocycles. The molecule has 3 aromatic rings. The van der Waals surface area contributed by atoms with Crippen molar-refractivity contribution in [2.24, 2.45) is 0 Å². The van der Waals surface area contributed by atoms with Crippen LogP contribution in [0.1, 0.15) is 28.1 Å². The first kappa shape index (κ1) is 16.9. The van der Waals surface area contributed by atoms with Crippen molar-refractivity contribution < 1.29 is 9.90 Å². The lowest BCUT2D eigenvalue weighted by Gasteiger charge is -2.12. The number of aliphatic hydroxyl groups is 1. The third kappa shape index (κ3) is 3.46. The summed E-state index contributed by atoms with van der Waals surface area (Å²) in [6.07, 6.45) is 0.169. The van der Waals surface area contributed by atoms with E-state index in [0.717, 1.165) is 28.1 Å². The lowest BCUT2D eigenvalue weighted by molar-refractivity contribution is -0.120. The Morgan fingerprint density at radius 1 is 1.28 bits per heavy atom. The summed E-state index contributed by atoms with van der Waals surface area (Å²) >= 11 is 0. The molecule has 7 nitrogen and oxygen atoms in total. The zero-order chi connectivity index (χ0) is 18.0. The quantitative estimate of drug-likeness (QED) is 0.645. The maximum atomic E-state index is 12.3. The van der Waals surface area contributed by atoms with E-state index in [1.807, 2.05) is 38.1 Å². The predicted octanol–water partition coefficient (Wildman–Crippen LogP) is 0.991. The van der Waals surface area contributed by atoms with Crippen LogP contribution in [0.4, 0.5) is 0 Å². The van der Waals surface area contributed by atoms with Crippen LogP contribution in [0.15, 0.2) is 35.1 Å². The molecule has 0 bridgehead atoms. The van der Waals surface area contributed by atoms with E-state index in [0.29, 0.717) is 12.2 Å². The maximum Gasteiger partial charge on any atom is 0.266 e. The minimum atomic E-state index is -0.225. The number of aromatic nitrogens is 3. The van der Waals surface area contributed by atoms with Crippen molar-refractivity contribution in [2.45, 2.75) is 33.4 Å². The van der Waals surface area contributed by atoms with Gasteiger partial charge in [0.1, 0.15) is 0 Å². The molecule has 25 heavy (non-hydrogen) atoms. The summed E-state index contributed by atoms with van der Waals surface area (Å²) < 4.78 is 1.60. The molecule has 3 rings (SSSR count). The number of H-pyrrole nitrogens is 1. The molecule has 1 amide bonds. The zero-order valence-electron chi connectivity index (χ0n) is 14.2. The second-order valence-electron chi connectivity index (χ2n) is 5.96. The monoisotopic (exact) mass is 340 g/mol. The maximum absolute atomic E-state index is 12.3. The van der Waals surface area contributed by atoms with Crippen LogP contribution in [-0.4, -0.2) is 25.6 Å². The van der Waals surface area contributed by atoms with Crippen LogP contribution in [0.25, 0.3) is 5.65 Å². The summed E-state index contributed by atoms with van der Waals surface area (Å²) in [6.45, 7) is 3.96. The van der Waals surface area contributed by atoms with E-state index in [9.17, 15) is 14.7 Å². The Morgan fingerprint density at radius 3 is 2.72 bits per heavy atom. The first-order valence-corrected chi connectivity index (χ1v) is 8.01. The van der Waals surface area contributed by atoms with E-state index >= 15 is 0 Å². The molecule has 130 valence electrons. The van der Waals surface area contributed by atoms with Gasteiger partial charge in [-0.25, -0.2) is 9.50 Å². The summed E-state index contributed by atoms with van der Waals surface area (Å²) in [5.74, 6) is -0.144. The normalized spacial score (nSPS) is 11.0. The standard InChI is InChI=1S/C18H20N4O3/c1-11-15(12(2)22-16(20-11)8-18(25)21-22)7-17(24)19-9-13-5-3-4-6-14(13)10-23/h3-6,8,23H,7,9-10H2,1-2H3,(H,19,24)(H,21,25). The minimum absolute atomic E-state index is 0.0637. The molecule has 0 aliphatic carbocycles. The van der Waals surface area contributed by atoms with Crippen LogP contribution in [-0.2, 0) is 24.4 Å². The van der Waals surface area contributed by atoms with Gasteiger partial charge in [-0.3, -0.25) is 14.7 Å². The highest BCUT2D eigenvalue weighted by Gasteiger charge is 2.14. The predicted molar refractivity (Wildman–Crippen MR) is 93.2 cm³/mol. The Labute approximate surface area is 144 Å². The highest BCUT2D eigenvalue weighted by atomic mass is 16.3. The van der Waals surface area contributed by atoms with Crippen molar-refractivity contribution in [1.82, 2.24) is 19.9 Å². The average Bonchev–Trinajstić information content (AvgIpc) is 2.97. The molecule has 7 heteroatoms. The van der Waals surface area contributed by atoms with E-state index in [4.69, 9.17) is 0 Å². The number of amides is 1. The van der Waals surface area contributed by atoms with E-state index in [2.05, 4.69) is 15.4 Å². The van der Waals surface area contributed by atoms with Crippen LogP contribution < -0.4 is 10.9 Å². The Morgan fingerprint density at radius 2 is 2.00 bits per heavy atom. The molecule has 2 heterocycles. The van der Waals surface area contributed by atoms with Gasteiger partial charge in [0.2, 0.25) is 5.91 Å². The second kappa shape index (κ2) is 6.90. The number of benzene rings is 1. The van der Waals surface area contributed by atoms with Gasteiger partial charge in [-0.2, -0.15) is 0 Å². The number of aryl methyl sites for hydroxylation is 2. The van der Waals surface area contributed by atoms with E-state index in [-0.39, 0.29) is 24.5 Å². The summed E-state index contributed by atoms with van der Waals surface area (Å²) in [5, 5.41) is 14.9. The number of nitrogens with one attached hydrogen (secondary N) is 2. The van der Waals surface area contributed by atoms with Gasteiger partial charge in [-0.05, 0) is 25.0 Å². The fourth-order valence-electron chi connectivity index (χ4n) is 2.91. The number of carbonyl (C=O) groups excluding carboxylic acids is 1. The molecule has 2 aromatic heterocycles. The Kier molecular flexibility index (Phi) is 4.67. The third-order valence-electron chi connectivity index (χ3n) is 4.30. The number of aromatic amines is 1. The molecule has 0 aliphatic rings. The molecule has 0 fully saturated rings. The van der Waals surface area contributed by atoms with Crippen molar-refractivity contribution in [3.63, 3.8) is 0 Å². The SMILES string of the molecule is Cc1nc2cc(=O)[nH]n2c(C)c1CC(=O)NCc1ccccc1CO. The lowest BCUT2D eigenvalue weighted by atomic mass is 10.1. The summed E-state index contributed by atoms with van der Waals surface area (Å²) in [5.41, 5.74) is 4.29. The highest BCUT2D eigenvalue weighted by Crippen LogP contribution is 2.14. The number of nitrogens with zero attached hydrogens (tertiary/aromatic N) is 2. The second-order valence-corrected chi connectivity index (χ2v) is 5.96. The van der Waals surface area contributed by atoms with Gasteiger partial charge in [-0.1, -0.05) is 24.3 Å². The van der Waals surface area contributed by atoms with Crippen LogP contribution >= 0.6 is 0 Å². The Bertz CT molecular complexity index is 988. The van der Waals surface area contributed by atoms with E-state index in [1.165, 1.54) is 6.07 Å². The van der Waals surface area contributed by atoms with Crippen molar-refractivity contribution in [3.05, 3.63) is 68.8 Å². The first-order chi connectivity index (χ1) is 12.0. The van der Waals surface area contributed by atoms with Gasteiger partial charge < -0.3 is 10.4 Å². The van der Waals surface area contributed by atoms with Crippen LogP contribution in [0.3, 0.4) is 0 Å². The molecule has 0 spiro atoms. The first-order valence-electron chi connectivity index (χ1n) is 8.01. The van der Waals surface area contributed by atoms with Crippen LogP contribution in [0, 0.1) is 13.8 Å². The van der Waals surface area contributed by atoms with Crippen molar-refractivity contribution in [3.8, 4) is 0 Å². The number of aliphatic hydroxyl groups excluding tert-OH is 1. The molecule has 0 saturated carbocycles. The molecule has 0 unspecified atom stereocenters. The molecule has 0 radical (unpaired) electrons. The van der Waals surface area contributed by atoms with Crippen LogP contribution in [0.5, 0.6) is 0 Å². The minimum Gasteiger partial charge on any atom is -0.392 e. The molecule has 0 atom stereocenters. The smallest absolute Gasteiger partial charge is 0.266 e. The van der Waals surface area contributed by atoms with Gasteiger partial charge in [0.25, 0.3) is 5.56 Å². The molecule has 3 N–H and O–H groups in total. The topological polar surface area (TPSA) is 99.5 Å². The number of rotatable bonds is 5. The van der Waals surface area contributed by atoms with Crippen molar-refractivity contribution in [1.29, 1.82) is 0 Å². The number of carbonyl (C=O) groups is 1. The third-order valence-corrected chi connectivity index (χ3v) is 4.30. The summed E-state index contributed by atoms with van der Waals surface area (Å²) in [7, 11) is 0. The molecule has 1 aromatic carbocycles. The average molecular weight is 340 g/mol. The zero-order valence-corrected chi connectivity index (χ0v) is 14.2. The molecular weight excluding hydrogens is 320 g/mol. The fourth-order valence-corrected chi connectivity index (χ4v) is 2.91. The van der Waals surface area contributed by atoms with E-state index in [1.54, 1.807) is 4.52 Å². The summed E-state index contributed by atoms with van der Waals surface area (Å²) in [4.78, 5) is 28.2. The molecular formula is C18H20N4O3. The van der Waals surface area contributed by atoms with Gasteiger partial charge in [-0.15, -0.1) is 0 Å². The Balaban J connectivity index is 1.77. The Hall–Kier alpha value is -2.93. The number of hydrogen-bond acceptors (Lipinski definition) is 4. The van der Waals surface area contributed by atoms with Crippen LogP contribution in [0.2, 0.25) is 0 Å². The lowest BCUT2D eigenvalue weighted by Crippen LogP contribution is -2.26. The molecule has 0 saturated heterocycles. The highest BCUT2D eigenvalue weighted by molar-refractivity contribution is 5.79. The van der Waals surface area contributed by atoms with Gasteiger partial charge in [0, 0.05) is 29.6 Å². The van der Waals surface area contributed by atoms with Gasteiger partial charge in [0.05, 0.1) is 13.0 Å². The van der Waals surface area contributed by atoms with Gasteiger partial charge in [0.15, 0.2) is 5.65 Å². The van der Waals surface area contributed by atoms with Gasteiger partial charge >= 0.3 is 0 Å².